The van der Waals surface area contributed by atoms with Gasteiger partial charge in [0.05, 0.1) is 30.4 Å². The monoisotopic (exact) mass is 533 g/mol. The number of hydrogen-bond donors (Lipinski definition) is 2. The Morgan fingerprint density at radius 2 is 1.81 bits per heavy atom. The molecule has 7 heteroatoms. The van der Waals surface area contributed by atoms with Crippen molar-refractivity contribution in [1.29, 1.82) is 0 Å². The van der Waals surface area contributed by atoms with Gasteiger partial charge in [0, 0.05) is 35.1 Å². The molecule has 4 aliphatic carbocycles. The van der Waals surface area contributed by atoms with Gasteiger partial charge in [-0.3, -0.25) is 4.99 Å². The summed E-state index contributed by atoms with van der Waals surface area (Å²) in [6.07, 6.45) is 12.1. The topological polar surface area (TPSA) is 71.3 Å². The lowest BCUT2D eigenvalue weighted by atomic mass is 9.46. The lowest BCUT2D eigenvalue weighted by Crippen LogP contribution is -2.56. The number of allylic oxidation sites excluding steroid dienone is 1. The third kappa shape index (κ3) is 3.71. The van der Waals surface area contributed by atoms with Gasteiger partial charge in [0.15, 0.2) is 5.79 Å². The first kappa shape index (κ1) is 25.2. The van der Waals surface area contributed by atoms with Crippen LogP contribution in [0.3, 0.4) is 0 Å². The van der Waals surface area contributed by atoms with E-state index < -0.39 is 5.60 Å². The van der Waals surface area contributed by atoms with E-state index in [1.807, 2.05) is 0 Å². The zero-order valence-electron chi connectivity index (χ0n) is 21.2. The summed E-state index contributed by atoms with van der Waals surface area (Å²) in [7, 11) is 0. The highest BCUT2D eigenvalue weighted by atomic mass is 35.5. The van der Waals surface area contributed by atoms with E-state index in [0.717, 1.165) is 51.4 Å². The van der Waals surface area contributed by atoms with Crippen LogP contribution in [0.2, 0.25) is 10.0 Å². The first-order valence-corrected chi connectivity index (χ1v) is 14.2. The van der Waals surface area contributed by atoms with Crippen LogP contribution in [-0.4, -0.2) is 47.6 Å². The van der Waals surface area contributed by atoms with Crippen LogP contribution in [-0.2, 0) is 9.47 Å². The van der Waals surface area contributed by atoms with Crippen molar-refractivity contribution in [2.45, 2.75) is 76.6 Å². The van der Waals surface area contributed by atoms with Gasteiger partial charge in [-0.1, -0.05) is 48.7 Å². The van der Waals surface area contributed by atoms with Crippen LogP contribution in [0.5, 0.6) is 5.75 Å². The van der Waals surface area contributed by atoms with Gasteiger partial charge < -0.3 is 19.7 Å². The van der Waals surface area contributed by atoms with Gasteiger partial charge in [-0.15, -0.1) is 0 Å². The Bertz CT molecular complexity index is 1110. The van der Waals surface area contributed by atoms with Crippen LogP contribution in [0, 0.1) is 28.6 Å². The van der Waals surface area contributed by atoms with Crippen LogP contribution in [0.15, 0.2) is 28.8 Å². The molecule has 0 unspecified atom stereocenters. The van der Waals surface area contributed by atoms with Crippen molar-refractivity contribution >= 4 is 29.4 Å². The maximum absolute atomic E-state index is 12.0. The maximum atomic E-state index is 12.0. The summed E-state index contributed by atoms with van der Waals surface area (Å²) in [4.78, 5) is 4.61. The van der Waals surface area contributed by atoms with E-state index in [0.29, 0.717) is 48.1 Å². The number of aliphatic imine (C=N–C) groups is 1. The fourth-order valence-corrected chi connectivity index (χ4v) is 9.21. The van der Waals surface area contributed by atoms with Crippen LogP contribution in [0.25, 0.3) is 0 Å². The molecule has 196 valence electrons. The van der Waals surface area contributed by atoms with E-state index in [2.05, 4.69) is 24.9 Å². The highest BCUT2D eigenvalue weighted by Crippen LogP contribution is 2.68. The van der Waals surface area contributed by atoms with E-state index in [-0.39, 0.29) is 27.4 Å². The Labute approximate surface area is 223 Å². The Kier molecular flexibility index (Phi) is 6.09. The molecule has 2 N–H and O–H groups in total. The summed E-state index contributed by atoms with van der Waals surface area (Å²) in [5, 5.41) is 22.9. The highest BCUT2D eigenvalue weighted by Gasteiger charge is 2.64. The smallest absolute Gasteiger partial charge is 0.172 e. The largest absolute Gasteiger partial charge is 0.506 e. The molecule has 0 amide bonds. The number of hydrogen-bond acceptors (Lipinski definition) is 5. The number of aromatic hydroxyl groups is 1. The molecule has 1 saturated heterocycles. The molecule has 1 aromatic carbocycles. The number of halogens is 2. The molecule has 6 rings (SSSR count). The number of aliphatic hydroxyl groups is 1. The summed E-state index contributed by atoms with van der Waals surface area (Å²) >= 11 is 12.2. The van der Waals surface area contributed by atoms with Gasteiger partial charge in [-0.25, -0.2) is 0 Å². The van der Waals surface area contributed by atoms with Crippen molar-refractivity contribution in [3.8, 4) is 5.75 Å². The summed E-state index contributed by atoms with van der Waals surface area (Å²) in [5.41, 5.74) is 1.19. The third-order valence-corrected chi connectivity index (χ3v) is 11.4. The fourth-order valence-electron chi connectivity index (χ4n) is 8.70. The molecule has 1 aromatic rings. The zero-order chi connectivity index (χ0) is 25.3. The summed E-state index contributed by atoms with van der Waals surface area (Å²) < 4.78 is 12.1. The van der Waals surface area contributed by atoms with Gasteiger partial charge in [0.25, 0.3) is 0 Å². The van der Waals surface area contributed by atoms with Crippen LogP contribution >= 0.6 is 23.2 Å². The third-order valence-electron chi connectivity index (χ3n) is 10.9. The first-order valence-electron chi connectivity index (χ1n) is 13.5. The molecule has 0 bridgehead atoms. The first-order chi connectivity index (χ1) is 17.1. The summed E-state index contributed by atoms with van der Waals surface area (Å²) in [5.74, 6) is 1.30. The van der Waals surface area contributed by atoms with Gasteiger partial charge in [0.1, 0.15) is 5.75 Å². The lowest BCUT2D eigenvalue weighted by molar-refractivity contribution is -0.187. The van der Waals surface area contributed by atoms with Crippen LogP contribution in [0.4, 0.5) is 0 Å². The fraction of sp³-hybridized carbons (Fsp3) is 0.690. The van der Waals surface area contributed by atoms with E-state index in [4.69, 9.17) is 32.7 Å². The van der Waals surface area contributed by atoms with E-state index in [1.54, 1.807) is 17.9 Å². The van der Waals surface area contributed by atoms with Gasteiger partial charge in [0.2, 0.25) is 0 Å². The number of nitrogens with zero attached hydrogens (tertiary/aromatic N) is 1. The van der Waals surface area contributed by atoms with Crippen molar-refractivity contribution in [2.24, 2.45) is 33.6 Å². The number of fused-ring (bicyclic) bond motifs is 5. The second kappa shape index (κ2) is 8.71. The molecule has 1 aliphatic heterocycles. The minimum atomic E-state index is -0.857. The van der Waals surface area contributed by atoms with Crippen LogP contribution < -0.4 is 0 Å². The Balaban J connectivity index is 1.21. The average molecular weight is 535 g/mol. The molecular weight excluding hydrogens is 497 g/mol. The number of rotatable bonds is 3. The Hall–Kier alpha value is -1.11. The predicted octanol–water partition coefficient (Wildman–Crippen LogP) is 6.55. The average Bonchev–Trinajstić information content (AvgIpc) is 3.40. The normalized spacial score (nSPS) is 41.2. The molecule has 5 aliphatic rings. The van der Waals surface area contributed by atoms with Crippen LogP contribution in [0.1, 0.15) is 70.8 Å². The van der Waals surface area contributed by atoms with E-state index in [1.165, 1.54) is 6.07 Å². The predicted molar refractivity (Wildman–Crippen MR) is 142 cm³/mol. The van der Waals surface area contributed by atoms with Gasteiger partial charge in [-0.05, 0) is 73.8 Å². The molecule has 6 atom stereocenters. The molecule has 1 spiro atoms. The van der Waals surface area contributed by atoms with Crippen molar-refractivity contribution < 1.29 is 19.7 Å². The molecule has 3 saturated carbocycles. The van der Waals surface area contributed by atoms with Crippen molar-refractivity contribution in [1.82, 2.24) is 0 Å². The zero-order valence-corrected chi connectivity index (χ0v) is 22.7. The SMILES string of the molecule is C[C@]12CCC3(CC1=CC[C@@H]1[C@@H]2CC[C@@]2(C)[C@H]1CC[C@@]2(O)CN=Cc1cc(Cl)cc(Cl)c1O)OCCO3. The maximum Gasteiger partial charge on any atom is 0.172 e. The number of benzene rings is 1. The Morgan fingerprint density at radius 3 is 2.58 bits per heavy atom. The summed E-state index contributed by atoms with van der Waals surface area (Å²) in [6.45, 7) is 6.51. The number of phenols is 1. The summed E-state index contributed by atoms with van der Waals surface area (Å²) in [6, 6.07) is 3.15. The molecule has 0 radical (unpaired) electrons. The second-order valence-electron chi connectivity index (χ2n) is 12.4. The molecule has 5 nitrogen and oxygen atoms in total. The molecule has 4 fully saturated rings. The Morgan fingerprint density at radius 1 is 1.06 bits per heavy atom. The quantitative estimate of drug-likeness (QED) is 0.341. The number of ether oxygens (including phenoxy) is 2. The highest BCUT2D eigenvalue weighted by molar-refractivity contribution is 6.36. The minimum absolute atomic E-state index is 0.0338. The molecular formula is C29H37Cl2NO4. The van der Waals surface area contributed by atoms with Gasteiger partial charge >= 0.3 is 0 Å². The second-order valence-corrected chi connectivity index (χ2v) is 13.2. The van der Waals surface area contributed by atoms with Crippen molar-refractivity contribution in [3.63, 3.8) is 0 Å². The van der Waals surface area contributed by atoms with Crippen molar-refractivity contribution in [3.05, 3.63) is 39.4 Å². The molecule has 0 aromatic heterocycles. The van der Waals surface area contributed by atoms with Crippen molar-refractivity contribution in [2.75, 3.05) is 19.8 Å². The van der Waals surface area contributed by atoms with E-state index in [9.17, 15) is 10.2 Å². The standard InChI is InChI=1S/C29H37Cl2NO4/c1-26-9-10-29(35-11-12-36-29)15-19(26)3-4-21-22(26)5-7-27(2)23(21)6-8-28(27,34)17-32-16-18-13-20(30)14-24(31)25(18)33/h3,13-14,16,21-23,33-34H,4-12,15,17H2,1-2H3/t21-,22+,23+,26+,27+,28-/m1/s1. The molecule has 36 heavy (non-hydrogen) atoms. The lowest BCUT2D eigenvalue weighted by Gasteiger charge is -2.59. The minimum Gasteiger partial charge on any atom is -0.506 e. The number of phenolic OH excluding ortho intramolecular Hbond substituents is 1. The van der Waals surface area contributed by atoms with E-state index >= 15 is 0 Å². The molecule has 1 heterocycles. The van der Waals surface area contributed by atoms with Gasteiger partial charge in [-0.2, -0.15) is 0 Å².